The van der Waals surface area contributed by atoms with Gasteiger partial charge in [-0.2, -0.15) is 0 Å². The van der Waals surface area contributed by atoms with Crippen molar-refractivity contribution in [2.45, 2.75) is 18.9 Å². The third-order valence-corrected chi connectivity index (χ3v) is 4.26. The van der Waals surface area contributed by atoms with Gasteiger partial charge in [0.05, 0.1) is 11.4 Å². The minimum Gasteiger partial charge on any atom is -0.313 e. The van der Waals surface area contributed by atoms with Gasteiger partial charge in [0.25, 0.3) is 0 Å². The number of rotatable bonds is 4. The van der Waals surface area contributed by atoms with Gasteiger partial charge in [0, 0.05) is 6.04 Å². The molecule has 2 rings (SSSR count). The third kappa shape index (κ3) is 3.38. The van der Waals surface area contributed by atoms with Crippen LogP contribution in [-0.2, 0) is 10.0 Å². The molecule has 19 heavy (non-hydrogen) atoms. The molecule has 1 unspecified atom stereocenters. The number of hydrogen-bond acceptors (Lipinski definition) is 3. The summed E-state index contributed by atoms with van der Waals surface area (Å²) in [5.74, 6) is -4.83. The largest absolute Gasteiger partial charge is 0.313 e. The van der Waals surface area contributed by atoms with E-state index in [4.69, 9.17) is 0 Å². The average molecular weight is 294 g/mol. The zero-order valence-corrected chi connectivity index (χ0v) is 10.7. The Bertz CT molecular complexity index is 572. The Morgan fingerprint density at radius 2 is 2.00 bits per heavy atom. The summed E-state index contributed by atoms with van der Waals surface area (Å²) in [6, 6.07) is 1.32. The van der Waals surface area contributed by atoms with Crippen LogP contribution in [0.15, 0.2) is 12.1 Å². The highest BCUT2D eigenvalue weighted by Crippen LogP contribution is 2.21. The van der Waals surface area contributed by atoms with E-state index in [1.807, 2.05) is 4.72 Å². The fraction of sp³-hybridized carbons (Fsp3) is 0.455. The van der Waals surface area contributed by atoms with Crippen LogP contribution < -0.4 is 10.0 Å². The molecule has 0 amide bonds. The molecule has 0 spiro atoms. The predicted molar refractivity (Wildman–Crippen MR) is 64.8 cm³/mol. The van der Waals surface area contributed by atoms with Gasteiger partial charge in [-0.15, -0.1) is 0 Å². The van der Waals surface area contributed by atoms with E-state index in [-0.39, 0.29) is 11.8 Å². The molecule has 1 fully saturated rings. The van der Waals surface area contributed by atoms with Crippen molar-refractivity contribution in [3.63, 3.8) is 0 Å². The summed E-state index contributed by atoms with van der Waals surface area (Å²) in [7, 11) is -3.81. The van der Waals surface area contributed by atoms with E-state index in [1.54, 1.807) is 0 Å². The highest BCUT2D eigenvalue weighted by molar-refractivity contribution is 7.92. The van der Waals surface area contributed by atoms with Crippen molar-refractivity contribution >= 4 is 15.7 Å². The average Bonchev–Trinajstić information content (AvgIpc) is 2.82. The quantitative estimate of drug-likeness (QED) is 0.829. The molecule has 1 heterocycles. The predicted octanol–water partition coefficient (Wildman–Crippen LogP) is 1.60. The normalized spacial score (nSPS) is 19.6. The zero-order valence-electron chi connectivity index (χ0n) is 9.92. The van der Waals surface area contributed by atoms with Crippen LogP contribution >= 0.6 is 0 Å². The number of hydrogen-bond donors (Lipinski definition) is 2. The van der Waals surface area contributed by atoms with Crippen molar-refractivity contribution in [2.24, 2.45) is 0 Å². The standard InChI is InChI=1S/C11H13F3N2O2S/c12-8-3-4-9(11(14)10(8)13)16-19(17,18)6-7-2-1-5-15-7/h3-4,7,15-16H,1-2,5-6H2. The minimum absolute atomic E-state index is 0.203. The molecule has 1 aliphatic heterocycles. The molecule has 0 radical (unpaired) electrons. The van der Waals surface area contributed by atoms with Gasteiger partial charge in [-0.1, -0.05) is 0 Å². The second-order valence-corrected chi connectivity index (χ2v) is 6.17. The van der Waals surface area contributed by atoms with Crippen LogP contribution in [0.2, 0.25) is 0 Å². The molecule has 1 aromatic rings. The first-order valence-corrected chi connectivity index (χ1v) is 7.41. The van der Waals surface area contributed by atoms with Gasteiger partial charge in [0.2, 0.25) is 10.0 Å². The molecule has 2 N–H and O–H groups in total. The monoisotopic (exact) mass is 294 g/mol. The molecule has 1 saturated heterocycles. The van der Waals surface area contributed by atoms with Crippen LogP contribution in [0.5, 0.6) is 0 Å². The number of anilines is 1. The number of nitrogens with one attached hydrogen (secondary N) is 2. The SMILES string of the molecule is O=S(=O)(CC1CCCN1)Nc1ccc(F)c(F)c1F. The summed E-state index contributed by atoms with van der Waals surface area (Å²) >= 11 is 0. The molecular formula is C11H13F3N2O2S. The fourth-order valence-electron chi connectivity index (χ4n) is 1.98. The van der Waals surface area contributed by atoms with E-state index in [0.29, 0.717) is 12.5 Å². The van der Waals surface area contributed by atoms with E-state index in [1.165, 1.54) is 0 Å². The van der Waals surface area contributed by atoms with Crippen molar-refractivity contribution in [2.75, 3.05) is 17.0 Å². The summed E-state index contributed by atoms with van der Waals surface area (Å²) in [5.41, 5.74) is -0.586. The fourth-order valence-corrected chi connectivity index (χ4v) is 3.37. The Morgan fingerprint density at radius 1 is 1.26 bits per heavy atom. The van der Waals surface area contributed by atoms with Gasteiger partial charge in [0.15, 0.2) is 17.5 Å². The Morgan fingerprint density at radius 3 is 2.63 bits per heavy atom. The van der Waals surface area contributed by atoms with Gasteiger partial charge in [-0.05, 0) is 31.5 Å². The van der Waals surface area contributed by atoms with Crippen molar-refractivity contribution in [1.82, 2.24) is 5.32 Å². The van der Waals surface area contributed by atoms with Crippen LogP contribution in [0, 0.1) is 17.5 Å². The van der Waals surface area contributed by atoms with E-state index in [0.717, 1.165) is 19.0 Å². The first-order valence-electron chi connectivity index (χ1n) is 5.76. The lowest BCUT2D eigenvalue weighted by molar-refractivity contribution is 0.449. The molecule has 0 saturated carbocycles. The number of benzene rings is 1. The van der Waals surface area contributed by atoms with Gasteiger partial charge in [0.1, 0.15) is 0 Å². The zero-order chi connectivity index (χ0) is 14.0. The summed E-state index contributed by atoms with van der Waals surface area (Å²) in [5, 5.41) is 2.99. The van der Waals surface area contributed by atoms with Crippen LogP contribution in [0.1, 0.15) is 12.8 Å². The Labute approximate surface area is 109 Å². The Hall–Kier alpha value is -1.28. The van der Waals surface area contributed by atoms with E-state index in [9.17, 15) is 21.6 Å². The van der Waals surface area contributed by atoms with Gasteiger partial charge in [-0.3, -0.25) is 4.72 Å². The molecule has 0 aliphatic carbocycles. The lowest BCUT2D eigenvalue weighted by Gasteiger charge is -2.13. The van der Waals surface area contributed by atoms with E-state index < -0.39 is 33.2 Å². The lowest BCUT2D eigenvalue weighted by atomic mass is 10.3. The van der Waals surface area contributed by atoms with Gasteiger partial charge in [-0.25, -0.2) is 21.6 Å². The van der Waals surface area contributed by atoms with E-state index in [2.05, 4.69) is 5.32 Å². The molecule has 0 bridgehead atoms. The molecule has 1 atom stereocenters. The second-order valence-electron chi connectivity index (χ2n) is 4.40. The molecule has 1 aromatic carbocycles. The first-order chi connectivity index (χ1) is 8.89. The van der Waals surface area contributed by atoms with Crippen molar-refractivity contribution in [3.05, 3.63) is 29.6 Å². The second kappa shape index (κ2) is 5.38. The molecule has 4 nitrogen and oxygen atoms in total. The van der Waals surface area contributed by atoms with Crippen LogP contribution in [0.4, 0.5) is 18.9 Å². The maximum atomic E-state index is 13.3. The highest BCUT2D eigenvalue weighted by Gasteiger charge is 2.24. The molecule has 1 aliphatic rings. The van der Waals surface area contributed by atoms with Crippen molar-refractivity contribution < 1.29 is 21.6 Å². The van der Waals surface area contributed by atoms with Crippen LogP contribution in [0.25, 0.3) is 0 Å². The van der Waals surface area contributed by atoms with Crippen LogP contribution in [-0.4, -0.2) is 26.8 Å². The van der Waals surface area contributed by atoms with Crippen molar-refractivity contribution in [3.8, 4) is 0 Å². The summed E-state index contributed by atoms with van der Waals surface area (Å²) in [6.07, 6.45) is 1.58. The summed E-state index contributed by atoms with van der Waals surface area (Å²) < 4.78 is 64.5. The molecule has 106 valence electrons. The van der Waals surface area contributed by atoms with Gasteiger partial charge < -0.3 is 5.32 Å². The summed E-state index contributed by atoms with van der Waals surface area (Å²) in [4.78, 5) is 0. The van der Waals surface area contributed by atoms with Gasteiger partial charge >= 0.3 is 0 Å². The Kier molecular flexibility index (Phi) is 4.00. The lowest BCUT2D eigenvalue weighted by Crippen LogP contribution is -2.33. The van der Waals surface area contributed by atoms with Crippen molar-refractivity contribution in [1.29, 1.82) is 0 Å². The Balaban J connectivity index is 2.13. The number of halogens is 3. The summed E-state index contributed by atoms with van der Waals surface area (Å²) in [6.45, 7) is 0.736. The topological polar surface area (TPSA) is 58.2 Å². The van der Waals surface area contributed by atoms with E-state index >= 15 is 0 Å². The maximum Gasteiger partial charge on any atom is 0.234 e. The first kappa shape index (κ1) is 14.1. The molecule has 0 aromatic heterocycles. The number of sulfonamides is 1. The molecule has 8 heteroatoms. The maximum absolute atomic E-state index is 13.3. The third-order valence-electron chi connectivity index (χ3n) is 2.88. The highest BCUT2D eigenvalue weighted by atomic mass is 32.2. The van der Waals surface area contributed by atoms with Crippen LogP contribution in [0.3, 0.4) is 0 Å². The molecular weight excluding hydrogens is 281 g/mol. The smallest absolute Gasteiger partial charge is 0.234 e. The minimum atomic E-state index is -3.81.